The molecule has 6 fully saturated rings. The molecular weight excluding hydrogens is 1750 g/mol. The number of aliphatic hydroxyl groups excluding tert-OH is 2. The number of aldehydes is 2. The number of rotatable bonds is 33. The van der Waals surface area contributed by atoms with Crippen molar-refractivity contribution in [1.82, 2.24) is 44.9 Å². The molecule has 0 bridgehead atoms. The summed E-state index contributed by atoms with van der Waals surface area (Å²) in [7, 11) is 2.62. The highest BCUT2D eigenvalue weighted by Gasteiger charge is 2.46. The molecular formula is C108H153ClN9O16P. The van der Waals surface area contributed by atoms with E-state index in [4.69, 9.17) is 43.4 Å². The molecule has 738 valence electrons. The average Bonchev–Trinajstić information content (AvgIpc) is 1.47. The molecule has 27 heteroatoms. The first kappa shape index (κ1) is 115. The Bertz CT molecular complexity index is 4330. The Morgan fingerprint density at radius 2 is 0.719 bits per heavy atom. The van der Waals surface area contributed by atoms with Gasteiger partial charge in [0.25, 0.3) is 0 Å². The molecule has 6 aliphatic heterocycles. The third kappa shape index (κ3) is 41.9. The van der Waals surface area contributed by atoms with Crippen LogP contribution in [0.15, 0.2) is 255 Å². The summed E-state index contributed by atoms with van der Waals surface area (Å²) in [6.07, 6.45) is 19.4. The Morgan fingerprint density at radius 1 is 0.407 bits per heavy atom. The zero-order valence-electron chi connectivity index (χ0n) is 81.4. The predicted octanol–water partition coefficient (Wildman–Crippen LogP) is 14.9. The van der Waals surface area contributed by atoms with E-state index in [9.17, 15) is 33.6 Å². The maximum Gasteiger partial charge on any atom is 0.410 e. The van der Waals surface area contributed by atoms with Crippen molar-refractivity contribution in [3.05, 3.63) is 283 Å². The molecule has 0 spiro atoms. The van der Waals surface area contributed by atoms with E-state index in [0.29, 0.717) is 51.7 Å². The second-order valence-corrected chi connectivity index (χ2v) is 36.3. The van der Waals surface area contributed by atoms with Crippen LogP contribution in [0.1, 0.15) is 166 Å². The molecule has 0 aromatic heterocycles. The number of ether oxygens (including phenoxy) is 7. The zero-order chi connectivity index (χ0) is 96.4. The SMILES string of the molecule is CCN(CC)CC[C@H]1CCCN1.CCN(CC)CC[C@H]1CCCN1C(=O)OCc1ccccc1.CCNCC.CO.CO/C=C/[C@H]1CCCN1C(=O)OCc1ccccc1.COC[P+](c1ccccc1)(c1ccccc1)c1ccccc1.O=C(OCc1ccccc1)N1CCC[C@@H]1CO.O=CC[C@H]1CCCN1C(=O)OCc1ccccc1.O=C[C@H]1CCCN1C(=O)OCc1ccccc1.[Cl-]. The van der Waals surface area contributed by atoms with Crippen LogP contribution >= 0.6 is 7.26 Å². The van der Waals surface area contributed by atoms with E-state index in [1.807, 2.05) is 163 Å². The topological polar surface area (TPSA) is 271 Å². The minimum atomic E-state index is -1.78. The second kappa shape index (κ2) is 70.1. The first-order chi connectivity index (χ1) is 65.6. The van der Waals surface area contributed by atoms with Crippen molar-refractivity contribution in [2.75, 3.05) is 126 Å². The summed E-state index contributed by atoms with van der Waals surface area (Å²) in [5.74, 6) is 0. The van der Waals surface area contributed by atoms with Gasteiger partial charge in [-0.25, -0.2) is 24.0 Å². The summed E-state index contributed by atoms with van der Waals surface area (Å²) < 4.78 is 37.1. The number of nitrogens with one attached hydrogen (secondary N) is 2. The fourth-order valence-electron chi connectivity index (χ4n) is 16.5. The molecule has 6 saturated heterocycles. The van der Waals surface area contributed by atoms with Gasteiger partial charge < -0.3 is 105 Å². The molecule has 0 saturated carbocycles. The summed E-state index contributed by atoms with van der Waals surface area (Å²) in [6.45, 7) is 28.4. The maximum atomic E-state index is 12.3. The fraction of sp³-hybridized carbons (Fsp3) is 0.472. The molecule has 0 unspecified atom stereocenters. The Balaban J connectivity index is 0.000000276. The summed E-state index contributed by atoms with van der Waals surface area (Å²) in [5.41, 5.74) is 4.93. The molecule has 0 radical (unpaired) electrons. The van der Waals surface area contributed by atoms with Crippen LogP contribution in [-0.4, -0.2) is 250 Å². The van der Waals surface area contributed by atoms with E-state index >= 15 is 0 Å². The minimum Gasteiger partial charge on any atom is -1.00 e. The van der Waals surface area contributed by atoms with Gasteiger partial charge in [-0.2, -0.15) is 0 Å². The Kier molecular flexibility index (Phi) is 59.7. The number of carbonyl (C=O) groups is 7. The number of hydrogen-bond acceptors (Lipinski definition) is 20. The van der Waals surface area contributed by atoms with Gasteiger partial charge in [-0.3, -0.25) is 4.90 Å². The highest BCUT2D eigenvalue weighted by Crippen LogP contribution is 2.55. The fourth-order valence-corrected chi connectivity index (χ4v) is 20.3. The van der Waals surface area contributed by atoms with Crippen molar-refractivity contribution < 1.29 is 89.3 Å². The lowest BCUT2D eigenvalue weighted by molar-refractivity contribution is -0.111. The van der Waals surface area contributed by atoms with E-state index in [-0.39, 0.29) is 87.4 Å². The van der Waals surface area contributed by atoms with Crippen LogP contribution in [0.4, 0.5) is 24.0 Å². The van der Waals surface area contributed by atoms with Crippen molar-refractivity contribution in [1.29, 1.82) is 0 Å². The highest BCUT2D eigenvalue weighted by molar-refractivity contribution is 7.95. The Hall–Kier alpha value is -10.6. The summed E-state index contributed by atoms with van der Waals surface area (Å²) >= 11 is 0. The van der Waals surface area contributed by atoms with Gasteiger partial charge in [0.1, 0.15) is 68.8 Å². The maximum absolute atomic E-state index is 12.3. The molecule has 8 aromatic rings. The van der Waals surface area contributed by atoms with Gasteiger partial charge in [0, 0.05) is 78.0 Å². The van der Waals surface area contributed by atoms with Gasteiger partial charge in [0.05, 0.1) is 38.1 Å². The lowest BCUT2D eigenvalue weighted by Gasteiger charge is -2.26. The number of amides is 5. The van der Waals surface area contributed by atoms with Crippen LogP contribution < -0.4 is 39.0 Å². The van der Waals surface area contributed by atoms with Gasteiger partial charge in [0.15, 0.2) is 6.35 Å². The van der Waals surface area contributed by atoms with Crippen LogP contribution in [0.5, 0.6) is 0 Å². The minimum absolute atomic E-state index is 0. The molecule has 5 amide bonds. The average molecular weight is 1900 g/mol. The van der Waals surface area contributed by atoms with Crippen molar-refractivity contribution in [3.8, 4) is 0 Å². The molecule has 6 heterocycles. The summed E-state index contributed by atoms with van der Waals surface area (Å²) in [6, 6.07) is 81.4. The molecule has 135 heavy (non-hydrogen) atoms. The number of aliphatic hydroxyl groups is 2. The molecule has 6 aliphatic rings. The number of halogens is 1. The Morgan fingerprint density at radius 3 is 1.04 bits per heavy atom. The van der Waals surface area contributed by atoms with E-state index in [1.54, 1.807) is 35.2 Å². The van der Waals surface area contributed by atoms with Crippen LogP contribution in [0, 0.1) is 0 Å². The first-order valence-electron chi connectivity index (χ1n) is 48.1. The first-order valence-corrected chi connectivity index (χ1v) is 50.0. The molecule has 25 nitrogen and oxygen atoms in total. The number of nitrogens with zero attached hydrogens (tertiary/aromatic N) is 7. The number of methoxy groups -OCH3 is 2. The van der Waals surface area contributed by atoms with Crippen molar-refractivity contribution in [2.24, 2.45) is 0 Å². The highest BCUT2D eigenvalue weighted by atomic mass is 35.5. The van der Waals surface area contributed by atoms with Crippen molar-refractivity contribution in [2.45, 2.75) is 207 Å². The third-order valence-corrected chi connectivity index (χ3v) is 28.2. The van der Waals surface area contributed by atoms with E-state index < -0.39 is 13.4 Å². The third-order valence-electron chi connectivity index (χ3n) is 24.0. The molecule has 14 rings (SSSR count). The van der Waals surface area contributed by atoms with Gasteiger partial charge in [-0.15, -0.1) is 0 Å². The van der Waals surface area contributed by atoms with Crippen LogP contribution in [0.2, 0.25) is 0 Å². The summed E-state index contributed by atoms with van der Waals surface area (Å²) in [4.78, 5) is 94.4. The number of benzene rings is 8. The number of hydrogen-bond donors (Lipinski definition) is 4. The predicted molar refractivity (Wildman–Crippen MR) is 537 cm³/mol. The van der Waals surface area contributed by atoms with Crippen LogP contribution in [0.3, 0.4) is 0 Å². The monoisotopic (exact) mass is 1900 g/mol. The summed E-state index contributed by atoms with van der Waals surface area (Å²) in [5, 5.41) is 26.8. The van der Waals surface area contributed by atoms with Gasteiger partial charge in [-0.05, 0) is 213 Å². The number of likely N-dealkylation sites (tertiary alicyclic amines) is 5. The smallest absolute Gasteiger partial charge is 0.410 e. The lowest BCUT2D eigenvalue weighted by atomic mass is 10.1. The zero-order valence-corrected chi connectivity index (χ0v) is 83.0. The normalized spacial score (nSPS) is 17.2. The molecule has 0 aliphatic carbocycles. The van der Waals surface area contributed by atoms with E-state index in [2.05, 4.69) is 153 Å². The Labute approximate surface area is 811 Å². The van der Waals surface area contributed by atoms with E-state index in [1.165, 1.54) is 66.3 Å². The largest absolute Gasteiger partial charge is 1.00 e. The lowest BCUT2D eigenvalue weighted by Crippen LogP contribution is -3.00. The van der Waals surface area contributed by atoms with Crippen molar-refractivity contribution >= 4 is 66.2 Å². The van der Waals surface area contributed by atoms with Crippen LogP contribution in [-0.2, 0) is 75.8 Å². The quantitative estimate of drug-likeness (QED) is 0.0129. The number of carbonyl (C=O) groups excluding carboxylic acids is 7. The van der Waals surface area contributed by atoms with Crippen molar-refractivity contribution in [3.63, 3.8) is 0 Å². The van der Waals surface area contributed by atoms with Gasteiger partial charge in [0.2, 0.25) is 0 Å². The molecule has 8 aromatic carbocycles. The molecule has 4 N–H and O–H groups in total. The van der Waals surface area contributed by atoms with Crippen LogP contribution in [0.25, 0.3) is 0 Å². The molecule has 6 atom stereocenters. The van der Waals surface area contributed by atoms with Gasteiger partial charge >= 0.3 is 30.5 Å². The standard InChI is InChI=1S/C20H20OP.C18H28N2O2.C15H19NO3.C14H17NO3.C13H17NO3.C13H15NO3.C10H22N2.C4H11N.CH4O.ClH/c1-21-17-22(18-11-5-2-6-12-18,19-13-7-3-8-14-19)20-15-9-4-10-16-20;1-3-19(4-2)14-12-17-11-8-13-20(17)18(21)22-15-16-9-6-5-7-10-16;1-18-11-9-14-8-5-10-16(14)15(17)19-12-13-6-3-2-4-7-13;16-10-8-13-7-4-9-15(13)14(17)18-11-12-5-2-1-3-6-12;2*15-9-12-7-4-8-14(12)13(16)17-10-11-5-2-1-3-6-11;1-3-12(4-2)9-7-10-6-5-8-11-10;1-3-5-4-2;1-2;/h2-16H,17H2,1H3;5-7,9-10,17H,3-4,8,11-15H2,1-2H3;2-4,6-7,9,11,14H,5,8,10,12H2,1H3;1-3,5-6,10,13H,4,7-9,11H2;1-3,5-6,12,15H,4,7-10H2;1-3,5-6,9,12H,4,7-8,10H2;10-11H,3-9H2,1-2H3;5H,3-4H2,1-2H3;2H,1H3;1H/q+1;;;;;;;;;/p-1/b;;11-9+;;;;;;;/t;17-;14-;13-;2*12-;10-;;;/m.111111.../s1. The van der Waals surface area contributed by atoms with Gasteiger partial charge in [-0.1, -0.05) is 248 Å². The van der Waals surface area contributed by atoms with E-state index in [0.717, 1.165) is 170 Å². The second-order valence-electron chi connectivity index (χ2n) is 32.9.